The van der Waals surface area contributed by atoms with Gasteiger partial charge in [-0.15, -0.1) is 0 Å². The van der Waals surface area contributed by atoms with Crippen LogP contribution in [-0.4, -0.2) is 15.0 Å². The molecule has 0 aliphatic rings. The van der Waals surface area contributed by atoms with Gasteiger partial charge in [0.1, 0.15) is 5.82 Å². The van der Waals surface area contributed by atoms with Gasteiger partial charge in [0.15, 0.2) is 0 Å². The summed E-state index contributed by atoms with van der Waals surface area (Å²) < 4.78 is 0. The van der Waals surface area contributed by atoms with Crippen LogP contribution in [0.15, 0.2) is 66.9 Å². The van der Waals surface area contributed by atoms with Crippen LogP contribution in [0.2, 0.25) is 0 Å². The predicted molar refractivity (Wildman–Crippen MR) is 93.5 cm³/mol. The van der Waals surface area contributed by atoms with E-state index in [1.54, 1.807) is 0 Å². The number of para-hydroxylation sites is 1. The average molecular weight is 301 g/mol. The molecule has 2 aromatic carbocycles. The summed E-state index contributed by atoms with van der Waals surface area (Å²) in [5.74, 6) is 0.919. The summed E-state index contributed by atoms with van der Waals surface area (Å²) in [5, 5.41) is 4.39. The molecule has 0 saturated heterocycles. The molecule has 2 heterocycles. The van der Waals surface area contributed by atoms with Crippen molar-refractivity contribution in [3.8, 4) is 11.3 Å². The lowest BCUT2D eigenvalue weighted by Crippen LogP contribution is -2.01. The monoisotopic (exact) mass is 301 g/mol. The molecule has 0 saturated carbocycles. The molecular formula is C18H15N5. The highest BCUT2D eigenvalue weighted by Crippen LogP contribution is 2.25. The molecule has 4 N–H and O–H groups in total. The first-order chi connectivity index (χ1) is 11.3. The van der Waals surface area contributed by atoms with Crippen molar-refractivity contribution in [3.63, 3.8) is 0 Å². The standard InChI is InChI=1S/C18H15N5/c19-18-22-16(12-6-7-15-13(10-12)8-9-20-15)11-17(23-18)21-14-4-2-1-3-5-14/h1-11,20H,(H3,19,21,22,23). The fourth-order valence-corrected chi connectivity index (χ4v) is 2.56. The van der Waals surface area contributed by atoms with E-state index in [1.165, 1.54) is 0 Å². The van der Waals surface area contributed by atoms with Crippen LogP contribution in [0, 0.1) is 0 Å². The molecule has 0 amide bonds. The molecule has 0 atom stereocenters. The molecule has 0 spiro atoms. The third-order valence-corrected chi connectivity index (χ3v) is 3.64. The predicted octanol–water partition coefficient (Wildman–Crippen LogP) is 3.95. The van der Waals surface area contributed by atoms with Gasteiger partial charge in [-0.05, 0) is 30.3 Å². The number of aromatic nitrogens is 3. The highest BCUT2D eigenvalue weighted by molar-refractivity contribution is 5.84. The van der Waals surface area contributed by atoms with Crippen molar-refractivity contribution in [2.24, 2.45) is 0 Å². The number of hydrogen-bond donors (Lipinski definition) is 3. The number of fused-ring (bicyclic) bond motifs is 1. The third-order valence-electron chi connectivity index (χ3n) is 3.64. The van der Waals surface area contributed by atoms with E-state index in [0.29, 0.717) is 5.82 Å². The molecular weight excluding hydrogens is 286 g/mol. The van der Waals surface area contributed by atoms with Gasteiger partial charge in [0.05, 0.1) is 5.69 Å². The Morgan fingerprint density at radius 3 is 2.65 bits per heavy atom. The fraction of sp³-hybridized carbons (Fsp3) is 0. The van der Waals surface area contributed by atoms with Crippen LogP contribution in [-0.2, 0) is 0 Å². The Kier molecular flexibility index (Phi) is 3.16. The van der Waals surface area contributed by atoms with Gasteiger partial charge >= 0.3 is 0 Å². The average Bonchev–Trinajstić information content (AvgIpc) is 3.03. The first kappa shape index (κ1) is 13.3. The van der Waals surface area contributed by atoms with Crippen LogP contribution < -0.4 is 11.1 Å². The zero-order valence-electron chi connectivity index (χ0n) is 12.3. The molecule has 5 nitrogen and oxygen atoms in total. The zero-order chi connectivity index (χ0) is 15.6. The Bertz CT molecular complexity index is 959. The van der Waals surface area contributed by atoms with Gasteiger partial charge in [-0.2, -0.15) is 4.98 Å². The number of rotatable bonds is 3. The molecule has 4 aromatic rings. The summed E-state index contributed by atoms with van der Waals surface area (Å²) in [6.07, 6.45) is 1.92. The van der Waals surface area contributed by atoms with Crippen molar-refractivity contribution in [3.05, 3.63) is 66.9 Å². The maximum Gasteiger partial charge on any atom is 0.222 e. The molecule has 0 aliphatic heterocycles. The van der Waals surface area contributed by atoms with E-state index >= 15 is 0 Å². The van der Waals surface area contributed by atoms with Crippen molar-refractivity contribution in [1.29, 1.82) is 0 Å². The quantitative estimate of drug-likeness (QED) is 0.535. The lowest BCUT2D eigenvalue weighted by molar-refractivity contribution is 1.19. The van der Waals surface area contributed by atoms with E-state index < -0.39 is 0 Å². The highest BCUT2D eigenvalue weighted by atomic mass is 15.1. The van der Waals surface area contributed by atoms with Gasteiger partial charge in [-0.25, -0.2) is 4.98 Å². The van der Waals surface area contributed by atoms with Crippen molar-refractivity contribution in [1.82, 2.24) is 15.0 Å². The fourth-order valence-electron chi connectivity index (χ4n) is 2.56. The topological polar surface area (TPSA) is 79.6 Å². The molecule has 5 heteroatoms. The number of hydrogen-bond acceptors (Lipinski definition) is 4. The highest BCUT2D eigenvalue weighted by Gasteiger charge is 2.06. The third kappa shape index (κ3) is 2.72. The minimum Gasteiger partial charge on any atom is -0.368 e. The summed E-state index contributed by atoms with van der Waals surface area (Å²) in [7, 11) is 0. The Hall–Kier alpha value is -3.34. The van der Waals surface area contributed by atoms with Crippen LogP contribution in [0.25, 0.3) is 22.2 Å². The zero-order valence-corrected chi connectivity index (χ0v) is 12.3. The molecule has 0 bridgehead atoms. The second kappa shape index (κ2) is 5.46. The Balaban J connectivity index is 1.73. The summed E-state index contributed by atoms with van der Waals surface area (Å²) in [5.41, 5.74) is 9.72. The SMILES string of the molecule is Nc1nc(Nc2ccccc2)cc(-c2ccc3[nH]ccc3c2)n1. The first-order valence-electron chi connectivity index (χ1n) is 7.32. The molecule has 112 valence electrons. The van der Waals surface area contributed by atoms with Gasteiger partial charge in [-0.1, -0.05) is 24.3 Å². The summed E-state index contributed by atoms with van der Waals surface area (Å²) in [4.78, 5) is 11.8. The van der Waals surface area contributed by atoms with Gasteiger partial charge in [-0.3, -0.25) is 0 Å². The molecule has 23 heavy (non-hydrogen) atoms. The van der Waals surface area contributed by atoms with Gasteiger partial charge in [0.2, 0.25) is 5.95 Å². The van der Waals surface area contributed by atoms with Crippen LogP contribution in [0.5, 0.6) is 0 Å². The number of nitrogens with zero attached hydrogens (tertiary/aromatic N) is 2. The van der Waals surface area contributed by atoms with Gasteiger partial charge in [0, 0.05) is 34.4 Å². The van der Waals surface area contributed by atoms with Crippen molar-refractivity contribution in [2.45, 2.75) is 0 Å². The molecule has 4 rings (SSSR count). The number of aromatic amines is 1. The minimum absolute atomic E-state index is 0.245. The van der Waals surface area contributed by atoms with E-state index in [4.69, 9.17) is 5.73 Å². The maximum absolute atomic E-state index is 5.87. The van der Waals surface area contributed by atoms with Crippen LogP contribution in [0.1, 0.15) is 0 Å². The van der Waals surface area contributed by atoms with Gasteiger partial charge in [0.25, 0.3) is 0 Å². The van der Waals surface area contributed by atoms with E-state index in [0.717, 1.165) is 27.8 Å². The molecule has 0 aliphatic carbocycles. The lowest BCUT2D eigenvalue weighted by Gasteiger charge is -2.08. The largest absolute Gasteiger partial charge is 0.368 e. The minimum atomic E-state index is 0.245. The van der Waals surface area contributed by atoms with Gasteiger partial charge < -0.3 is 16.0 Å². The Morgan fingerprint density at radius 2 is 1.78 bits per heavy atom. The number of nitrogens with one attached hydrogen (secondary N) is 2. The molecule has 0 unspecified atom stereocenters. The lowest BCUT2D eigenvalue weighted by atomic mass is 10.1. The maximum atomic E-state index is 5.87. The summed E-state index contributed by atoms with van der Waals surface area (Å²) >= 11 is 0. The van der Waals surface area contributed by atoms with E-state index in [2.05, 4.69) is 26.3 Å². The van der Waals surface area contributed by atoms with Crippen molar-refractivity contribution in [2.75, 3.05) is 11.1 Å². The number of nitrogens with two attached hydrogens (primary N) is 1. The number of H-pyrrole nitrogens is 1. The van der Waals surface area contributed by atoms with Crippen LogP contribution in [0.3, 0.4) is 0 Å². The molecule has 2 aromatic heterocycles. The Labute approximate surface area is 133 Å². The van der Waals surface area contributed by atoms with Crippen molar-refractivity contribution < 1.29 is 0 Å². The number of nitrogen functional groups attached to an aromatic ring is 1. The Morgan fingerprint density at radius 1 is 0.913 bits per heavy atom. The van der Waals surface area contributed by atoms with Crippen LogP contribution >= 0.6 is 0 Å². The first-order valence-corrected chi connectivity index (χ1v) is 7.32. The second-order valence-electron chi connectivity index (χ2n) is 5.27. The molecule has 0 fully saturated rings. The number of anilines is 3. The molecule has 0 radical (unpaired) electrons. The van der Waals surface area contributed by atoms with E-state index in [-0.39, 0.29) is 5.95 Å². The van der Waals surface area contributed by atoms with Crippen molar-refractivity contribution >= 4 is 28.4 Å². The van der Waals surface area contributed by atoms with E-state index in [1.807, 2.05) is 60.8 Å². The summed E-state index contributed by atoms with van der Waals surface area (Å²) in [6, 6.07) is 19.9. The normalized spacial score (nSPS) is 10.8. The number of benzene rings is 2. The summed E-state index contributed by atoms with van der Waals surface area (Å²) in [6.45, 7) is 0. The second-order valence-corrected chi connectivity index (χ2v) is 5.27. The smallest absolute Gasteiger partial charge is 0.222 e. The van der Waals surface area contributed by atoms with E-state index in [9.17, 15) is 0 Å². The van der Waals surface area contributed by atoms with Crippen LogP contribution in [0.4, 0.5) is 17.5 Å².